The summed E-state index contributed by atoms with van der Waals surface area (Å²) in [4.78, 5) is 0. The minimum absolute atomic E-state index is 0.0622. The molecule has 0 aromatic heterocycles. The Morgan fingerprint density at radius 3 is 2.50 bits per heavy atom. The second-order valence-corrected chi connectivity index (χ2v) is 6.18. The van der Waals surface area contributed by atoms with Crippen molar-refractivity contribution in [2.45, 2.75) is 46.1 Å². The first-order valence-electron chi connectivity index (χ1n) is 7.09. The number of phenolic OH excluding ortho intramolecular Hbond substituents is 1. The van der Waals surface area contributed by atoms with Gasteiger partial charge >= 0.3 is 0 Å². The van der Waals surface area contributed by atoms with Crippen LogP contribution in [0.1, 0.15) is 40.0 Å². The smallest absolute Gasteiger partial charge is 0.136 e. The van der Waals surface area contributed by atoms with E-state index in [1.807, 2.05) is 0 Å². The number of phenols is 1. The van der Waals surface area contributed by atoms with Crippen molar-refractivity contribution in [1.29, 1.82) is 5.26 Å². The molecule has 1 aliphatic rings. The molecule has 1 unspecified atom stereocenters. The average molecular weight is 270 g/mol. The van der Waals surface area contributed by atoms with E-state index in [0.717, 1.165) is 18.5 Å². The molecule has 0 amide bonds. The summed E-state index contributed by atoms with van der Waals surface area (Å²) in [5.74, 6) is 0.234. The predicted molar refractivity (Wildman–Crippen MR) is 81.5 cm³/mol. The van der Waals surface area contributed by atoms with E-state index < -0.39 is 0 Å². The first kappa shape index (κ1) is 14.5. The summed E-state index contributed by atoms with van der Waals surface area (Å²) in [5, 5.41) is 22.1. The Morgan fingerprint density at radius 2 is 1.95 bits per heavy atom. The molecule has 1 aromatic rings. The largest absolute Gasteiger partial charge is 0.508 e. The predicted octanol–water partition coefficient (Wildman–Crippen LogP) is 4.22. The summed E-state index contributed by atoms with van der Waals surface area (Å²) in [6.07, 6.45) is 3.39. The van der Waals surface area contributed by atoms with Crippen LogP contribution in [0, 0.1) is 16.7 Å². The van der Waals surface area contributed by atoms with E-state index in [-0.39, 0.29) is 17.2 Å². The number of rotatable bonds is 3. The number of hydrogen-bond acceptors (Lipinski definition) is 3. The SMILES string of the molecule is CC1=C(C(C#N)Nc2ccc(O)cc2)C(C)(C)CCC1. The molecule has 1 aromatic carbocycles. The van der Waals surface area contributed by atoms with Gasteiger partial charge in [-0.15, -0.1) is 0 Å². The Labute approximate surface area is 120 Å². The quantitative estimate of drug-likeness (QED) is 0.638. The van der Waals surface area contributed by atoms with Crippen LogP contribution in [0.2, 0.25) is 0 Å². The number of allylic oxidation sites excluding steroid dienone is 1. The van der Waals surface area contributed by atoms with E-state index >= 15 is 0 Å². The maximum atomic E-state index is 9.55. The average Bonchev–Trinajstić information content (AvgIpc) is 2.39. The number of anilines is 1. The third-order valence-electron chi connectivity index (χ3n) is 4.14. The molecular formula is C17H22N2O. The number of hydrogen-bond donors (Lipinski definition) is 2. The molecule has 1 aliphatic carbocycles. The molecule has 0 heterocycles. The van der Waals surface area contributed by atoms with E-state index in [2.05, 4.69) is 32.2 Å². The first-order chi connectivity index (χ1) is 9.44. The highest BCUT2D eigenvalue weighted by molar-refractivity contribution is 5.51. The van der Waals surface area contributed by atoms with Gasteiger partial charge in [0.05, 0.1) is 6.07 Å². The molecule has 1 atom stereocenters. The van der Waals surface area contributed by atoms with Gasteiger partial charge < -0.3 is 10.4 Å². The van der Waals surface area contributed by atoms with Gasteiger partial charge in [0.15, 0.2) is 0 Å². The van der Waals surface area contributed by atoms with Gasteiger partial charge in [-0.1, -0.05) is 19.4 Å². The van der Waals surface area contributed by atoms with Crippen LogP contribution in [0.3, 0.4) is 0 Å². The molecule has 106 valence electrons. The van der Waals surface area contributed by atoms with Crippen LogP contribution >= 0.6 is 0 Å². The Bertz CT molecular complexity index is 549. The lowest BCUT2D eigenvalue weighted by molar-refractivity contribution is 0.356. The number of nitrogens with zero attached hydrogens (tertiary/aromatic N) is 1. The highest BCUT2D eigenvalue weighted by Crippen LogP contribution is 2.42. The summed E-state index contributed by atoms with van der Waals surface area (Å²) in [7, 11) is 0. The van der Waals surface area contributed by atoms with Crippen molar-refractivity contribution in [3.8, 4) is 11.8 Å². The Morgan fingerprint density at radius 1 is 1.30 bits per heavy atom. The fraction of sp³-hybridized carbons (Fsp3) is 0.471. The van der Waals surface area contributed by atoms with E-state index in [1.165, 1.54) is 17.6 Å². The van der Waals surface area contributed by atoms with Gasteiger partial charge in [0.2, 0.25) is 0 Å². The lowest BCUT2D eigenvalue weighted by Gasteiger charge is -2.37. The van der Waals surface area contributed by atoms with E-state index in [1.54, 1.807) is 24.3 Å². The van der Waals surface area contributed by atoms with Crippen LogP contribution in [-0.4, -0.2) is 11.1 Å². The molecule has 0 spiro atoms. The third-order valence-corrected chi connectivity index (χ3v) is 4.14. The Kier molecular flexibility index (Phi) is 4.04. The van der Waals surface area contributed by atoms with Crippen LogP contribution in [0.5, 0.6) is 5.75 Å². The van der Waals surface area contributed by atoms with E-state index in [0.29, 0.717) is 0 Å². The zero-order valence-electron chi connectivity index (χ0n) is 12.4. The standard InChI is InChI=1S/C17H22N2O/c1-12-5-4-10-17(2,3)16(12)15(11-18)19-13-6-8-14(20)9-7-13/h6-9,15,19-20H,4-5,10H2,1-3H3. The highest BCUT2D eigenvalue weighted by Gasteiger charge is 2.33. The number of nitriles is 1. The normalized spacial score (nSPS) is 19.3. The van der Waals surface area contributed by atoms with Crippen LogP contribution in [-0.2, 0) is 0 Å². The molecule has 0 fully saturated rings. The van der Waals surface area contributed by atoms with Crippen LogP contribution in [0.4, 0.5) is 5.69 Å². The summed E-state index contributed by atoms with van der Waals surface area (Å²) in [6.45, 7) is 6.57. The first-order valence-corrected chi connectivity index (χ1v) is 7.09. The topological polar surface area (TPSA) is 56.0 Å². The summed E-state index contributed by atoms with van der Waals surface area (Å²) in [6, 6.07) is 8.93. The van der Waals surface area contributed by atoms with Crippen molar-refractivity contribution < 1.29 is 5.11 Å². The third kappa shape index (κ3) is 2.96. The number of nitrogens with one attached hydrogen (secondary N) is 1. The Balaban J connectivity index is 2.28. The molecule has 3 nitrogen and oxygen atoms in total. The van der Waals surface area contributed by atoms with Gasteiger partial charge in [0, 0.05) is 5.69 Å². The molecule has 2 rings (SSSR count). The maximum absolute atomic E-state index is 9.55. The lowest BCUT2D eigenvalue weighted by Crippen LogP contribution is -2.33. The summed E-state index contributed by atoms with van der Waals surface area (Å²) in [5.41, 5.74) is 3.47. The zero-order valence-corrected chi connectivity index (χ0v) is 12.4. The molecular weight excluding hydrogens is 248 g/mol. The van der Waals surface area contributed by atoms with Crippen molar-refractivity contribution in [1.82, 2.24) is 0 Å². The molecule has 0 aliphatic heterocycles. The monoisotopic (exact) mass is 270 g/mol. The van der Waals surface area contributed by atoms with E-state index in [9.17, 15) is 10.4 Å². The molecule has 3 heteroatoms. The highest BCUT2D eigenvalue weighted by atomic mass is 16.3. The lowest BCUT2D eigenvalue weighted by atomic mass is 9.70. The van der Waals surface area contributed by atoms with Gasteiger partial charge in [-0.2, -0.15) is 5.26 Å². The second-order valence-electron chi connectivity index (χ2n) is 6.18. The molecule has 0 bridgehead atoms. The van der Waals surface area contributed by atoms with Gasteiger partial charge in [0.25, 0.3) is 0 Å². The van der Waals surface area contributed by atoms with Crippen molar-refractivity contribution >= 4 is 5.69 Å². The number of aromatic hydroxyl groups is 1. The van der Waals surface area contributed by atoms with Gasteiger partial charge in [0.1, 0.15) is 11.8 Å². The number of benzene rings is 1. The molecule has 0 saturated carbocycles. The molecule has 0 saturated heterocycles. The van der Waals surface area contributed by atoms with Gasteiger partial charge in [-0.25, -0.2) is 0 Å². The summed E-state index contributed by atoms with van der Waals surface area (Å²) < 4.78 is 0. The van der Waals surface area contributed by atoms with Crippen LogP contribution in [0.25, 0.3) is 0 Å². The molecule has 20 heavy (non-hydrogen) atoms. The van der Waals surface area contributed by atoms with Crippen molar-refractivity contribution in [2.75, 3.05) is 5.32 Å². The van der Waals surface area contributed by atoms with E-state index in [4.69, 9.17) is 0 Å². The minimum atomic E-state index is -0.310. The molecule has 2 N–H and O–H groups in total. The van der Waals surface area contributed by atoms with Crippen LogP contribution < -0.4 is 5.32 Å². The second kappa shape index (κ2) is 5.58. The molecule has 0 radical (unpaired) electrons. The van der Waals surface area contributed by atoms with Gasteiger partial charge in [-0.05, 0) is 61.4 Å². The van der Waals surface area contributed by atoms with Crippen molar-refractivity contribution in [3.63, 3.8) is 0 Å². The summed E-state index contributed by atoms with van der Waals surface area (Å²) >= 11 is 0. The van der Waals surface area contributed by atoms with Crippen LogP contribution in [0.15, 0.2) is 35.4 Å². The minimum Gasteiger partial charge on any atom is -0.508 e. The zero-order chi connectivity index (χ0) is 14.8. The van der Waals surface area contributed by atoms with Gasteiger partial charge in [-0.3, -0.25) is 0 Å². The van der Waals surface area contributed by atoms with Crippen molar-refractivity contribution in [3.05, 3.63) is 35.4 Å². The Hall–Kier alpha value is -1.95. The maximum Gasteiger partial charge on any atom is 0.136 e. The van der Waals surface area contributed by atoms with Crippen molar-refractivity contribution in [2.24, 2.45) is 5.41 Å². The fourth-order valence-electron chi connectivity index (χ4n) is 3.17. The fourth-order valence-corrected chi connectivity index (χ4v) is 3.17.